The van der Waals surface area contributed by atoms with Crippen molar-refractivity contribution in [2.45, 2.75) is 63.2 Å². The summed E-state index contributed by atoms with van der Waals surface area (Å²) in [5.41, 5.74) is 0.774. The van der Waals surface area contributed by atoms with Crippen LogP contribution in [0.5, 0.6) is 11.5 Å². The fourth-order valence-corrected chi connectivity index (χ4v) is 7.84. The van der Waals surface area contributed by atoms with E-state index in [1.807, 2.05) is 0 Å². The molecule has 1 amide bonds. The zero-order chi connectivity index (χ0) is 25.9. The van der Waals surface area contributed by atoms with Gasteiger partial charge in [-0.05, 0) is 79.4 Å². The highest BCUT2D eigenvalue weighted by atomic mass is 19.4. The summed E-state index contributed by atoms with van der Waals surface area (Å²) in [6.07, 6.45) is 2.58. The van der Waals surface area contributed by atoms with E-state index in [0.29, 0.717) is 23.6 Å². The van der Waals surface area contributed by atoms with E-state index in [9.17, 15) is 18.0 Å². The van der Waals surface area contributed by atoms with Gasteiger partial charge in [-0.25, -0.2) is 4.68 Å². The number of fused-ring (bicyclic) bond motifs is 1. The first-order chi connectivity index (χ1) is 17.7. The molecule has 0 radical (unpaired) electrons. The zero-order valence-electron chi connectivity index (χ0n) is 21.1. The van der Waals surface area contributed by atoms with Crippen molar-refractivity contribution < 1.29 is 27.4 Å². The standard InChI is InChI=1S/C27H33F3N4O3/c1-36-21-4-3-18(8-22(21)37-2)19-9-23(27(28,29)30)34-24(32-19)10-20(33-34)25(35)31-14-26-11-15-5-16(12-26)7-17(6-15)13-26/h3-4,8,10,15-17,19,23,32H,5-7,9,11-14H2,1-2H3,(H,31,35)/t15?,16?,17?,19-,23-,26?/m1/s1. The van der Waals surface area contributed by atoms with Gasteiger partial charge in [0.15, 0.2) is 23.2 Å². The van der Waals surface area contributed by atoms with Gasteiger partial charge in [0.1, 0.15) is 5.82 Å². The molecule has 2 N–H and O–H groups in total. The molecule has 4 aliphatic carbocycles. The number of hydrogen-bond acceptors (Lipinski definition) is 5. The Bertz CT molecular complexity index is 1160. The summed E-state index contributed by atoms with van der Waals surface area (Å²) < 4.78 is 53.9. The monoisotopic (exact) mass is 518 g/mol. The summed E-state index contributed by atoms with van der Waals surface area (Å²) in [4.78, 5) is 13.1. The molecular weight excluding hydrogens is 485 g/mol. The second-order valence-electron chi connectivity index (χ2n) is 11.6. The average molecular weight is 519 g/mol. The highest BCUT2D eigenvalue weighted by Crippen LogP contribution is 2.59. The Hall–Kier alpha value is -2.91. The number of anilines is 1. The maximum absolute atomic E-state index is 14.1. The van der Waals surface area contributed by atoms with Crippen LogP contribution < -0.4 is 20.1 Å². The number of ether oxygens (including phenoxy) is 2. The van der Waals surface area contributed by atoms with Gasteiger partial charge in [-0.15, -0.1) is 0 Å². The van der Waals surface area contributed by atoms with E-state index < -0.39 is 24.2 Å². The smallest absolute Gasteiger partial charge is 0.410 e. The lowest BCUT2D eigenvalue weighted by Gasteiger charge is -2.56. The second-order valence-corrected chi connectivity index (χ2v) is 11.6. The van der Waals surface area contributed by atoms with Crippen LogP contribution in [-0.2, 0) is 0 Å². The lowest BCUT2D eigenvalue weighted by molar-refractivity contribution is -0.173. The van der Waals surface area contributed by atoms with Crippen molar-refractivity contribution in [2.24, 2.45) is 23.2 Å². The Labute approximate surface area is 214 Å². The van der Waals surface area contributed by atoms with E-state index >= 15 is 0 Å². The summed E-state index contributed by atoms with van der Waals surface area (Å²) in [6, 6.07) is 4.01. The molecule has 4 fully saturated rings. The lowest BCUT2D eigenvalue weighted by atomic mass is 9.49. The molecule has 1 aromatic carbocycles. The number of amides is 1. The molecule has 0 saturated heterocycles. The Kier molecular flexibility index (Phi) is 5.84. The van der Waals surface area contributed by atoms with Crippen molar-refractivity contribution in [1.82, 2.24) is 15.1 Å². The largest absolute Gasteiger partial charge is 0.493 e. The van der Waals surface area contributed by atoms with E-state index in [1.165, 1.54) is 39.5 Å². The first-order valence-electron chi connectivity index (χ1n) is 13.1. The number of alkyl halides is 3. The molecular formula is C27H33F3N4O3. The molecule has 200 valence electrons. The molecule has 4 bridgehead atoms. The van der Waals surface area contributed by atoms with Crippen molar-refractivity contribution in [3.05, 3.63) is 35.5 Å². The lowest BCUT2D eigenvalue weighted by Crippen LogP contribution is -2.51. The molecule has 0 unspecified atom stereocenters. The number of nitrogens with zero attached hydrogens (tertiary/aromatic N) is 2. The number of carbonyl (C=O) groups is 1. The van der Waals surface area contributed by atoms with Gasteiger partial charge in [0, 0.05) is 19.0 Å². The van der Waals surface area contributed by atoms with Gasteiger partial charge in [-0.2, -0.15) is 18.3 Å². The normalized spacial score (nSPS) is 32.0. The van der Waals surface area contributed by atoms with Gasteiger partial charge < -0.3 is 20.1 Å². The van der Waals surface area contributed by atoms with Crippen molar-refractivity contribution in [3.8, 4) is 11.5 Å². The van der Waals surface area contributed by atoms with Crippen molar-refractivity contribution >= 4 is 11.7 Å². The second kappa shape index (κ2) is 8.84. The first kappa shape index (κ1) is 24.4. The summed E-state index contributed by atoms with van der Waals surface area (Å²) in [6.45, 7) is 0.571. The molecule has 4 saturated carbocycles. The van der Waals surface area contributed by atoms with E-state index in [4.69, 9.17) is 9.47 Å². The fraction of sp³-hybridized carbons (Fsp3) is 0.630. The van der Waals surface area contributed by atoms with Crippen LogP contribution in [-0.4, -0.2) is 42.6 Å². The molecule has 1 aromatic heterocycles. The van der Waals surface area contributed by atoms with Crippen molar-refractivity contribution in [3.63, 3.8) is 0 Å². The van der Waals surface area contributed by atoms with E-state index in [1.54, 1.807) is 18.2 Å². The molecule has 2 aromatic rings. The van der Waals surface area contributed by atoms with Crippen LogP contribution in [0, 0.1) is 23.2 Å². The van der Waals surface area contributed by atoms with Crippen LogP contribution in [0.3, 0.4) is 0 Å². The average Bonchev–Trinajstić information content (AvgIpc) is 3.29. The first-order valence-corrected chi connectivity index (χ1v) is 13.1. The summed E-state index contributed by atoms with van der Waals surface area (Å²) >= 11 is 0. The van der Waals surface area contributed by atoms with Gasteiger partial charge in [0.2, 0.25) is 0 Å². The van der Waals surface area contributed by atoms with Crippen LogP contribution in [0.4, 0.5) is 19.0 Å². The summed E-state index contributed by atoms with van der Waals surface area (Å²) in [5, 5.41) is 10.3. The zero-order valence-corrected chi connectivity index (χ0v) is 21.1. The third-order valence-electron chi connectivity index (χ3n) is 9.02. The minimum absolute atomic E-state index is 0.00874. The van der Waals surface area contributed by atoms with Crippen LogP contribution in [0.1, 0.15) is 73.1 Å². The number of aromatic nitrogens is 2. The number of benzene rings is 1. The molecule has 37 heavy (non-hydrogen) atoms. The number of rotatable bonds is 6. The molecule has 1 aliphatic heterocycles. The Morgan fingerprint density at radius 3 is 2.30 bits per heavy atom. The quantitative estimate of drug-likeness (QED) is 0.528. The Balaban J connectivity index is 1.22. The highest BCUT2D eigenvalue weighted by Gasteiger charge is 2.51. The number of methoxy groups -OCH3 is 2. The minimum Gasteiger partial charge on any atom is -0.493 e. The molecule has 7 nitrogen and oxygen atoms in total. The van der Waals surface area contributed by atoms with Crippen molar-refractivity contribution in [1.29, 1.82) is 0 Å². The molecule has 5 aliphatic rings. The van der Waals surface area contributed by atoms with Gasteiger partial charge >= 0.3 is 6.18 Å². The Morgan fingerprint density at radius 1 is 1.05 bits per heavy atom. The SMILES string of the molecule is COc1ccc([C@H]2C[C@H](C(F)(F)F)n3nc(C(=O)NCC45CC6CC(CC(C6)C4)C5)cc3N2)cc1OC. The van der Waals surface area contributed by atoms with Gasteiger partial charge in [0.25, 0.3) is 5.91 Å². The van der Waals surface area contributed by atoms with Gasteiger partial charge in [-0.1, -0.05) is 6.07 Å². The molecule has 0 spiro atoms. The predicted octanol–water partition coefficient (Wildman–Crippen LogP) is 5.51. The highest BCUT2D eigenvalue weighted by molar-refractivity contribution is 5.93. The third kappa shape index (κ3) is 4.42. The number of hydrogen-bond donors (Lipinski definition) is 2. The predicted molar refractivity (Wildman–Crippen MR) is 131 cm³/mol. The van der Waals surface area contributed by atoms with Crippen LogP contribution in [0.15, 0.2) is 24.3 Å². The third-order valence-corrected chi connectivity index (χ3v) is 9.02. The number of halogens is 3. The van der Waals surface area contributed by atoms with Crippen LogP contribution in [0.2, 0.25) is 0 Å². The summed E-state index contributed by atoms with van der Waals surface area (Å²) in [7, 11) is 2.99. The van der Waals surface area contributed by atoms with Crippen molar-refractivity contribution in [2.75, 3.05) is 26.1 Å². The topological polar surface area (TPSA) is 77.4 Å². The van der Waals surface area contributed by atoms with Gasteiger partial charge in [-0.3, -0.25) is 4.79 Å². The fourth-order valence-electron chi connectivity index (χ4n) is 7.84. The van der Waals surface area contributed by atoms with E-state index in [2.05, 4.69) is 15.7 Å². The van der Waals surface area contributed by atoms with E-state index in [0.717, 1.165) is 41.7 Å². The maximum atomic E-state index is 14.1. The van der Waals surface area contributed by atoms with E-state index in [-0.39, 0.29) is 23.3 Å². The van der Waals surface area contributed by atoms with Crippen LogP contribution >= 0.6 is 0 Å². The van der Waals surface area contributed by atoms with Crippen LogP contribution in [0.25, 0.3) is 0 Å². The maximum Gasteiger partial charge on any atom is 0.410 e. The number of nitrogens with one attached hydrogen (secondary N) is 2. The minimum atomic E-state index is -4.52. The molecule has 2 atom stereocenters. The number of carbonyl (C=O) groups excluding carboxylic acids is 1. The molecule has 2 heterocycles. The molecule has 7 rings (SSSR count). The summed E-state index contributed by atoms with van der Waals surface area (Å²) in [5.74, 6) is 2.97. The van der Waals surface area contributed by atoms with Gasteiger partial charge in [0.05, 0.1) is 20.3 Å². The Morgan fingerprint density at radius 2 is 1.70 bits per heavy atom. The molecule has 10 heteroatoms.